The van der Waals surface area contributed by atoms with Gasteiger partial charge in [0.2, 0.25) is 0 Å². The Labute approximate surface area is 139 Å². The molecular weight excluding hydrogens is 282 g/mol. The number of anilines is 1. The van der Waals surface area contributed by atoms with E-state index in [4.69, 9.17) is 10.5 Å². The van der Waals surface area contributed by atoms with E-state index in [0.717, 1.165) is 17.2 Å². The summed E-state index contributed by atoms with van der Waals surface area (Å²) in [7, 11) is 0. The molecule has 0 saturated heterocycles. The molecule has 0 aromatic heterocycles. The highest BCUT2D eigenvalue weighted by atomic mass is 16.5. The van der Waals surface area contributed by atoms with Gasteiger partial charge in [-0.2, -0.15) is 0 Å². The summed E-state index contributed by atoms with van der Waals surface area (Å²) < 4.78 is 6.23. The molecule has 1 aliphatic carbocycles. The summed E-state index contributed by atoms with van der Waals surface area (Å²) in [6.07, 6.45) is 9.05. The molecule has 0 unspecified atom stereocenters. The molecule has 2 aromatic rings. The van der Waals surface area contributed by atoms with Crippen LogP contribution in [0.4, 0.5) is 5.69 Å². The molecule has 1 aliphatic rings. The van der Waals surface area contributed by atoms with Crippen LogP contribution >= 0.6 is 0 Å². The van der Waals surface area contributed by atoms with E-state index >= 15 is 0 Å². The predicted molar refractivity (Wildman–Crippen MR) is 97.0 cm³/mol. The van der Waals surface area contributed by atoms with Crippen molar-refractivity contribution in [2.24, 2.45) is 0 Å². The lowest BCUT2D eigenvalue weighted by Crippen LogP contribution is -2.29. The molecule has 2 nitrogen and oxygen atoms in total. The Bertz CT molecular complexity index is 621. The third kappa shape index (κ3) is 3.52. The molecular formula is C21H27NO. The predicted octanol–water partition coefficient (Wildman–Crippen LogP) is 6.06. The number of hydrogen-bond acceptors (Lipinski definition) is 2. The molecule has 2 heteroatoms. The molecule has 23 heavy (non-hydrogen) atoms. The van der Waals surface area contributed by atoms with Crippen molar-refractivity contribution >= 4 is 5.69 Å². The second kappa shape index (κ2) is 7.08. The fourth-order valence-electron chi connectivity index (χ4n) is 4.02. The van der Waals surface area contributed by atoms with E-state index in [2.05, 4.69) is 31.2 Å². The van der Waals surface area contributed by atoms with Gasteiger partial charge in [0.25, 0.3) is 0 Å². The minimum absolute atomic E-state index is 0.289. The molecule has 0 radical (unpaired) electrons. The second-order valence-corrected chi connectivity index (χ2v) is 6.76. The van der Waals surface area contributed by atoms with Crippen LogP contribution in [0.1, 0.15) is 57.4 Å². The Balaban J connectivity index is 1.94. The number of para-hydroxylation sites is 1. The van der Waals surface area contributed by atoms with Crippen molar-refractivity contribution in [1.29, 1.82) is 0 Å². The summed E-state index contributed by atoms with van der Waals surface area (Å²) in [6.45, 7) is 2.29. The van der Waals surface area contributed by atoms with Crippen molar-refractivity contribution in [3.8, 4) is 11.5 Å². The van der Waals surface area contributed by atoms with Crippen molar-refractivity contribution in [2.75, 3.05) is 5.73 Å². The van der Waals surface area contributed by atoms with Gasteiger partial charge >= 0.3 is 0 Å². The number of nitrogens with two attached hydrogens (primary N) is 1. The third-order valence-electron chi connectivity index (χ3n) is 5.11. The molecule has 122 valence electrons. The van der Waals surface area contributed by atoms with E-state index in [-0.39, 0.29) is 5.41 Å². The number of rotatable bonds is 5. The van der Waals surface area contributed by atoms with E-state index < -0.39 is 0 Å². The second-order valence-electron chi connectivity index (χ2n) is 6.76. The summed E-state index contributed by atoms with van der Waals surface area (Å²) in [5.41, 5.74) is 8.21. The monoisotopic (exact) mass is 309 g/mol. The summed E-state index contributed by atoms with van der Waals surface area (Å²) >= 11 is 0. The van der Waals surface area contributed by atoms with E-state index in [1.165, 1.54) is 50.5 Å². The molecule has 1 saturated carbocycles. The van der Waals surface area contributed by atoms with Gasteiger partial charge in [-0.3, -0.25) is 0 Å². The highest BCUT2D eigenvalue weighted by Gasteiger charge is 2.35. The molecule has 0 spiro atoms. The van der Waals surface area contributed by atoms with Gasteiger partial charge in [0, 0.05) is 11.3 Å². The van der Waals surface area contributed by atoms with Crippen LogP contribution in [0.5, 0.6) is 11.5 Å². The van der Waals surface area contributed by atoms with E-state index in [1.807, 2.05) is 24.3 Å². The fourth-order valence-corrected chi connectivity index (χ4v) is 4.02. The van der Waals surface area contributed by atoms with E-state index in [0.29, 0.717) is 0 Å². The molecule has 1 fully saturated rings. The number of nitrogen functional groups attached to an aromatic ring is 1. The minimum Gasteiger partial charge on any atom is -0.457 e. The summed E-state index contributed by atoms with van der Waals surface area (Å²) in [5, 5.41) is 0. The first-order valence-corrected chi connectivity index (χ1v) is 8.86. The van der Waals surface area contributed by atoms with Crippen LogP contribution in [-0.2, 0) is 5.41 Å². The zero-order valence-corrected chi connectivity index (χ0v) is 14.1. The average molecular weight is 309 g/mol. The molecule has 0 bridgehead atoms. The van der Waals surface area contributed by atoms with Crippen LogP contribution < -0.4 is 10.5 Å². The number of ether oxygens (including phenoxy) is 1. The first kappa shape index (κ1) is 15.9. The standard InChI is InChI=1S/C21H27NO/c1-2-14-21(15-6-3-7-16-21)19-8-4-5-9-20(19)23-18-12-10-17(22)11-13-18/h4-5,8-13H,2-3,6-7,14-16,22H2,1H3. The number of hydrogen-bond donors (Lipinski definition) is 1. The smallest absolute Gasteiger partial charge is 0.131 e. The molecule has 0 heterocycles. The SMILES string of the molecule is CCCC1(c2ccccc2Oc2ccc(N)cc2)CCCCC1. The van der Waals surface area contributed by atoms with Gasteiger partial charge in [-0.15, -0.1) is 0 Å². The van der Waals surface area contributed by atoms with Crippen molar-refractivity contribution in [3.05, 3.63) is 54.1 Å². The van der Waals surface area contributed by atoms with Crippen LogP contribution in [0.25, 0.3) is 0 Å². The van der Waals surface area contributed by atoms with Crippen LogP contribution in [0.3, 0.4) is 0 Å². The fraction of sp³-hybridized carbons (Fsp3) is 0.429. The first-order valence-electron chi connectivity index (χ1n) is 8.86. The minimum atomic E-state index is 0.289. The van der Waals surface area contributed by atoms with Gasteiger partial charge in [-0.1, -0.05) is 50.8 Å². The largest absolute Gasteiger partial charge is 0.457 e. The Kier molecular flexibility index (Phi) is 4.90. The van der Waals surface area contributed by atoms with Crippen molar-refractivity contribution < 1.29 is 4.74 Å². The van der Waals surface area contributed by atoms with Crippen LogP contribution in [-0.4, -0.2) is 0 Å². The van der Waals surface area contributed by atoms with Gasteiger partial charge < -0.3 is 10.5 Å². The zero-order chi connectivity index (χ0) is 16.1. The van der Waals surface area contributed by atoms with Gasteiger partial charge in [-0.05, 0) is 55.0 Å². The Morgan fingerprint density at radius 1 is 0.957 bits per heavy atom. The maximum absolute atomic E-state index is 6.23. The molecule has 0 atom stereocenters. The lowest BCUT2D eigenvalue weighted by atomic mass is 9.66. The van der Waals surface area contributed by atoms with Gasteiger partial charge in [0.05, 0.1) is 0 Å². The normalized spacial score (nSPS) is 16.9. The van der Waals surface area contributed by atoms with E-state index in [1.54, 1.807) is 0 Å². The highest BCUT2D eigenvalue weighted by Crippen LogP contribution is 2.47. The molecule has 2 aromatic carbocycles. The maximum Gasteiger partial charge on any atom is 0.131 e. The van der Waals surface area contributed by atoms with Crippen molar-refractivity contribution in [2.45, 2.75) is 57.3 Å². The Morgan fingerprint density at radius 3 is 2.35 bits per heavy atom. The van der Waals surface area contributed by atoms with Crippen LogP contribution in [0.15, 0.2) is 48.5 Å². The van der Waals surface area contributed by atoms with Gasteiger partial charge in [-0.25, -0.2) is 0 Å². The van der Waals surface area contributed by atoms with Crippen molar-refractivity contribution in [1.82, 2.24) is 0 Å². The molecule has 2 N–H and O–H groups in total. The highest BCUT2D eigenvalue weighted by molar-refractivity contribution is 5.46. The van der Waals surface area contributed by atoms with Crippen LogP contribution in [0.2, 0.25) is 0 Å². The topological polar surface area (TPSA) is 35.2 Å². The lowest BCUT2D eigenvalue weighted by molar-refractivity contribution is 0.265. The first-order chi connectivity index (χ1) is 11.2. The average Bonchev–Trinajstić information content (AvgIpc) is 2.58. The third-order valence-corrected chi connectivity index (χ3v) is 5.11. The Morgan fingerprint density at radius 2 is 1.65 bits per heavy atom. The summed E-state index contributed by atoms with van der Waals surface area (Å²) in [6, 6.07) is 16.3. The van der Waals surface area contributed by atoms with E-state index in [9.17, 15) is 0 Å². The van der Waals surface area contributed by atoms with Crippen LogP contribution in [0, 0.1) is 0 Å². The van der Waals surface area contributed by atoms with Crippen molar-refractivity contribution in [3.63, 3.8) is 0 Å². The quantitative estimate of drug-likeness (QED) is 0.681. The van der Waals surface area contributed by atoms with Gasteiger partial charge in [0.15, 0.2) is 0 Å². The zero-order valence-electron chi connectivity index (χ0n) is 14.1. The van der Waals surface area contributed by atoms with Gasteiger partial charge in [0.1, 0.15) is 11.5 Å². The summed E-state index contributed by atoms with van der Waals surface area (Å²) in [4.78, 5) is 0. The lowest BCUT2D eigenvalue weighted by Gasteiger charge is -2.38. The summed E-state index contributed by atoms with van der Waals surface area (Å²) in [5.74, 6) is 1.86. The Hall–Kier alpha value is -1.96. The number of benzene rings is 2. The molecule has 3 rings (SSSR count). The molecule has 0 aliphatic heterocycles. The maximum atomic E-state index is 6.23. The molecule has 0 amide bonds.